The summed E-state index contributed by atoms with van der Waals surface area (Å²) in [5, 5.41) is 4.79. The molecular weight excluding hydrogens is 494 g/mol. The van der Waals surface area contributed by atoms with E-state index in [9.17, 15) is 32.4 Å². The monoisotopic (exact) mass is 521 g/mol. The summed E-state index contributed by atoms with van der Waals surface area (Å²) in [5.41, 5.74) is 0.335. The van der Waals surface area contributed by atoms with E-state index in [1.807, 2.05) is 0 Å². The Labute approximate surface area is 207 Å². The summed E-state index contributed by atoms with van der Waals surface area (Å²) in [6, 6.07) is 4.49. The molecule has 2 atom stereocenters. The van der Waals surface area contributed by atoms with Gasteiger partial charge in [0.1, 0.15) is 12.1 Å². The topological polar surface area (TPSA) is 174 Å². The highest BCUT2D eigenvalue weighted by molar-refractivity contribution is 7.84. The molecule has 13 nitrogen and oxygen atoms in total. The van der Waals surface area contributed by atoms with Gasteiger partial charge in [0.2, 0.25) is 5.91 Å². The third-order valence-corrected chi connectivity index (χ3v) is 7.55. The number of piperazine rings is 1. The summed E-state index contributed by atoms with van der Waals surface area (Å²) < 4.78 is 31.5. The van der Waals surface area contributed by atoms with Crippen LogP contribution in [0.1, 0.15) is 43.7 Å². The zero-order valence-corrected chi connectivity index (χ0v) is 20.1. The number of urea groups is 1. The maximum absolute atomic E-state index is 13.0. The van der Waals surface area contributed by atoms with Crippen molar-refractivity contribution in [1.29, 1.82) is 0 Å². The predicted molar refractivity (Wildman–Crippen MR) is 123 cm³/mol. The Balaban J connectivity index is 1.44. The fraction of sp³-hybridized carbons (Fsp3) is 0.500. The summed E-state index contributed by atoms with van der Waals surface area (Å²) in [4.78, 5) is 65.8. The molecule has 1 unspecified atom stereocenters. The molecule has 194 valence electrons. The van der Waals surface area contributed by atoms with Crippen molar-refractivity contribution < 1.29 is 36.9 Å². The van der Waals surface area contributed by atoms with E-state index in [1.54, 1.807) is 30.3 Å². The Morgan fingerprint density at radius 2 is 1.64 bits per heavy atom. The van der Waals surface area contributed by atoms with Crippen molar-refractivity contribution in [3.8, 4) is 0 Å². The zero-order chi connectivity index (χ0) is 26.0. The number of hydrogen-bond donors (Lipinski definition) is 3. The van der Waals surface area contributed by atoms with Crippen molar-refractivity contribution in [2.45, 2.75) is 50.2 Å². The van der Waals surface area contributed by atoms with Gasteiger partial charge < -0.3 is 15.5 Å². The predicted octanol–water partition coefficient (Wildman–Crippen LogP) is -0.429. The van der Waals surface area contributed by atoms with Gasteiger partial charge in [-0.2, -0.15) is 8.42 Å². The molecule has 14 heteroatoms. The first-order valence-corrected chi connectivity index (χ1v) is 13.0. The second kappa shape index (κ2) is 10.2. The highest BCUT2D eigenvalue weighted by atomic mass is 32.2. The molecular formula is C22H27N5O8S. The van der Waals surface area contributed by atoms with Gasteiger partial charge in [0.15, 0.2) is 0 Å². The van der Waals surface area contributed by atoms with Crippen LogP contribution in [-0.4, -0.2) is 88.5 Å². The van der Waals surface area contributed by atoms with E-state index in [-0.39, 0.29) is 23.4 Å². The molecule has 1 aliphatic carbocycles. The van der Waals surface area contributed by atoms with Crippen LogP contribution in [-0.2, 0) is 29.5 Å². The van der Waals surface area contributed by atoms with Gasteiger partial charge in [-0.1, -0.05) is 49.6 Å². The Bertz CT molecular complexity index is 1170. The first-order chi connectivity index (χ1) is 17.1. The van der Waals surface area contributed by atoms with Crippen LogP contribution in [0.2, 0.25) is 0 Å². The van der Waals surface area contributed by atoms with E-state index in [0.29, 0.717) is 5.56 Å². The summed E-state index contributed by atoms with van der Waals surface area (Å²) in [7, 11) is -4.73. The smallest absolute Gasteiger partial charge is 0.341 e. The molecule has 6 amide bonds. The van der Waals surface area contributed by atoms with Crippen LogP contribution < -0.4 is 10.6 Å². The standard InChI is InChI=1S/C22H27N5O8S/c28-18(23-16-13-27(19(16)29)36(33,34)35)17(14-7-3-1-4-8-14)24-22(32)26-12-11-25(20(30)21(26)31)15-9-5-2-6-10-15/h1,3-4,7-8,15-17H,2,5-6,9-13H2,(H,23,28)(H,24,32)(H,33,34,35)/t16?,17-/m1/s1. The number of imide groups is 1. The molecule has 0 spiro atoms. The molecule has 2 aliphatic heterocycles. The normalized spacial score (nSPS) is 22.2. The molecule has 1 saturated carbocycles. The summed E-state index contributed by atoms with van der Waals surface area (Å²) in [5.74, 6) is -3.59. The quantitative estimate of drug-likeness (QED) is 0.257. The van der Waals surface area contributed by atoms with E-state index < -0.39 is 58.6 Å². The lowest BCUT2D eigenvalue weighted by molar-refractivity contribution is -0.156. The van der Waals surface area contributed by atoms with Gasteiger partial charge in [0, 0.05) is 19.1 Å². The van der Waals surface area contributed by atoms with Crippen LogP contribution in [0.5, 0.6) is 0 Å². The number of carbonyl (C=O) groups excluding carboxylic acids is 5. The molecule has 0 aromatic heterocycles. The van der Waals surface area contributed by atoms with Gasteiger partial charge >= 0.3 is 28.1 Å². The van der Waals surface area contributed by atoms with Gasteiger partial charge in [0.25, 0.3) is 5.91 Å². The number of carbonyl (C=O) groups is 5. The van der Waals surface area contributed by atoms with Crippen LogP contribution in [0.4, 0.5) is 4.79 Å². The summed E-state index contributed by atoms with van der Waals surface area (Å²) in [6.45, 7) is -0.289. The lowest BCUT2D eigenvalue weighted by Gasteiger charge is -2.39. The molecule has 3 fully saturated rings. The molecule has 3 N–H and O–H groups in total. The molecule has 3 aliphatic rings. The minimum Gasteiger partial charge on any atom is -0.341 e. The van der Waals surface area contributed by atoms with Gasteiger partial charge in [0.05, 0.1) is 6.54 Å². The minimum absolute atomic E-state index is 0.0226. The van der Waals surface area contributed by atoms with Crippen molar-refractivity contribution in [3.05, 3.63) is 35.9 Å². The molecule has 2 heterocycles. The largest absolute Gasteiger partial charge is 0.362 e. The summed E-state index contributed by atoms with van der Waals surface area (Å²) >= 11 is 0. The second-order valence-electron chi connectivity index (χ2n) is 8.95. The highest BCUT2D eigenvalue weighted by Crippen LogP contribution is 2.25. The fourth-order valence-corrected chi connectivity index (χ4v) is 5.39. The average molecular weight is 522 g/mol. The number of hydrogen-bond acceptors (Lipinski definition) is 7. The Kier molecular flexibility index (Phi) is 7.26. The van der Waals surface area contributed by atoms with Crippen molar-refractivity contribution in [2.24, 2.45) is 0 Å². The van der Waals surface area contributed by atoms with Gasteiger partial charge in [-0.3, -0.25) is 28.6 Å². The van der Waals surface area contributed by atoms with Crippen LogP contribution in [0.3, 0.4) is 0 Å². The van der Waals surface area contributed by atoms with Crippen molar-refractivity contribution in [3.63, 3.8) is 0 Å². The van der Waals surface area contributed by atoms with Gasteiger partial charge in [-0.15, -0.1) is 0 Å². The van der Waals surface area contributed by atoms with Gasteiger partial charge in [-0.25, -0.2) is 9.10 Å². The Morgan fingerprint density at radius 1 is 0.972 bits per heavy atom. The number of nitrogens with one attached hydrogen (secondary N) is 2. The number of nitrogens with zero attached hydrogens (tertiary/aromatic N) is 3. The first kappa shape index (κ1) is 25.6. The third-order valence-electron chi connectivity index (χ3n) is 6.66. The number of amides is 6. The highest BCUT2D eigenvalue weighted by Gasteiger charge is 2.46. The maximum Gasteiger partial charge on any atom is 0.362 e. The summed E-state index contributed by atoms with van der Waals surface area (Å²) in [6.07, 6.45) is 4.68. The molecule has 0 bridgehead atoms. The van der Waals surface area contributed by atoms with E-state index >= 15 is 0 Å². The number of β-lactam (4-membered cyclic amide) rings is 1. The molecule has 1 aromatic carbocycles. The lowest BCUT2D eigenvalue weighted by Crippen LogP contribution is -2.66. The van der Waals surface area contributed by atoms with Crippen molar-refractivity contribution >= 4 is 40.0 Å². The lowest BCUT2D eigenvalue weighted by atomic mass is 9.93. The van der Waals surface area contributed by atoms with E-state index in [0.717, 1.165) is 37.0 Å². The van der Waals surface area contributed by atoms with E-state index in [1.165, 1.54) is 4.90 Å². The van der Waals surface area contributed by atoms with Crippen LogP contribution in [0.25, 0.3) is 0 Å². The SMILES string of the molecule is O=C(NC1CN(S(=O)(=O)O)C1=O)[C@H](NC(=O)N1CCN(C2CCCCC2)C(=O)C1=O)c1ccccc1. The third kappa shape index (κ3) is 5.18. The molecule has 2 saturated heterocycles. The number of rotatable bonds is 6. The number of benzene rings is 1. The first-order valence-electron chi connectivity index (χ1n) is 11.6. The second-order valence-corrected chi connectivity index (χ2v) is 10.3. The van der Waals surface area contributed by atoms with Crippen LogP contribution in [0.15, 0.2) is 30.3 Å². The van der Waals surface area contributed by atoms with E-state index in [2.05, 4.69) is 10.6 Å². The molecule has 0 radical (unpaired) electrons. The average Bonchev–Trinajstić information content (AvgIpc) is 2.86. The minimum atomic E-state index is -4.73. The zero-order valence-electron chi connectivity index (χ0n) is 19.3. The molecule has 1 aromatic rings. The Morgan fingerprint density at radius 3 is 2.25 bits per heavy atom. The fourth-order valence-electron chi connectivity index (χ4n) is 4.70. The van der Waals surface area contributed by atoms with E-state index in [4.69, 9.17) is 4.55 Å². The van der Waals surface area contributed by atoms with Crippen molar-refractivity contribution in [2.75, 3.05) is 19.6 Å². The van der Waals surface area contributed by atoms with Crippen LogP contribution in [0, 0.1) is 0 Å². The van der Waals surface area contributed by atoms with Crippen LogP contribution >= 0.6 is 0 Å². The van der Waals surface area contributed by atoms with Gasteiger partial charge in [-0.05, 0) is 18.4 Å². The van der Waals surface area contributed by atoms with Crippen molar-refractivity contribution in [1.82, 2.24) is 24.7 Å². The molecule has 36 heavy (non-hydrogen) atoms. The molecule has 4 rings (SSSR count). The maximum atomic E-state index is 13.0. The Hall–Kier alpha value is -3.52.